The van der Waals surface area contributed by atoms with Gasteiger partial charge in [0.1, 0.15) is 0 Å². The highest BCUT2D eigenvalue weighted by Gasteiger charge is 2.20. The number of allylic oxidation sites excluding steroid dienone is 5. The average molecular weight is 265 g/mol. The molecule has 0 aromatic heterocycles. The second kappa shape index (κ2) is 5.21. The maximum absolute atomic E-state index is 10.8. The van der Waals surface area contributed by atoms with Gasteiger partial charge in [0.15, 0.2) is 0 Å². The topological polar surface area (TPSA) is 40.5 Å². The van der Waals surface area contributed by atoms with Gasteiger partial charge in [-0.2, -0.15) is 0 Å². The molecule has 2 heterocycles. The third-order valence-electron chi connectivity index (χ3n) is 3.41. The van der Waals surface area contributed by atoms with Gasteiger partial charge in [0.25, 0.3) is 0 Å². The molecule has 2 aliphatic heterocycles. The molecule has 0 saturated heterocycles. The van der Waals surface area contributed by atoms with Crippen LogP contribution in [0.3, 0.4) is 0 Å². The molecule has 2 aliphatic rings. The van der Waals surface area contributed by atoms with Crippen molar-refractivity contribution in [3.63, 3.8) is 0 Å². The Balaban J connectivity index is 1.89. The lowest BCUT2D eigenvalue weighted by molar-refractivity contribution is -0.137. The lowest BCUT2D eigenvalue weighted by atomic mass is 9.98. The van der Waals surface area contributed by atoms with Crippen molar-refractivity contribution in [3.05, 3.63) is 78.2 Å². The number of rotatable bonds is 3. The van der Waals surface area contributed by atoms with E-state index in [4.69, 9.17) is 5.11 Å². The fourth-order valence-corrected chi connectivity index (χ4v) is 2.48. The zero-order chi connectivity index (χ0) is 13.9. The molecule has 1 aromatic rings. The van der Waals surface area contributed by atoms with Crippen molar-refractivity contribution in [2.45, 2.75) is 6.42 Å². The van der Waals surface area contributed by atoms with Crippen molar-refractivity contribution in [1.29, 1.82) is 0 Å². The molecule has 0 amide bonds. The number of carbonyl (C=O) groups is 1. The van der Waals surface area contributed by atoms with Gasteiger partial charge in [-0.05, 0) is 17.7 Å². The van der Waals surface area contributed by atoms with Crippen LogP contribution in [0.15, 0.2) is 72.6 Å². The van der Waals surface area contributed by atoms with E-state index < -0.39 is 5.97 Å². The Morgan fingerprint density at radius 1 is 1.25 bits per heavy atom. The summed E-state index contributed by atoms with van der Waals surface area (Å²) in [4.78, 5) is 12.9. The highest BCUT2D eigenvalue weighted by atomic mass is 16.4. The molecular formula is C17H15NO2. The highest BCUT2D eigenvalue weighted by Crippen LogP contribution is 2.32. The number of aliphatic carboxylic acids is 1. The Bertz CT molecular complexity index is 638. The molecule has 3 nitrogen and oxygen atoms in total. The molecule has 1 aromatic carbocycles. The van der Waals surface area contributed by atoms with E-state index in [1.165, 1.54) is 0 Å². The minimum absolute atomic E-state index is 0.0430. The summed E-state index contributed by atoms with van der Waals surface area (Å²) >= 11 is 0. The fourth-order valence-electron chi connectivity index (χ4n) is 2.48. The van der Waals surface area contributed by atoms with Gasteiger partial charge >= 0.3 is 5.97 Å². The fraction of sp³-hybridized carbons (Fsp3) is 0.118. The van der Waals surface area contributed by atoms with Crippen molar-refractivity contribution in [1.82, 2.24) is 4.90 Å². The maximum atomic E-state index is 10.8. The lowest BCUT2D eigenvalue weighted by Gasteiger charge is -2.31. The minimum Gasteiger partial charge on any atom is -0.481 e. The summed E-state index contributed by atoms with van der Waals surface area (Å²) in [5, 5.41) is 8.89. The van der Waals surface area contributed by atoms with Crippen LogP contribution in [0, 0.1) is 5.92 Å². The summed E-state index contributed by atoms with van der Waals surface area (Å²) in [7, 11) is 0. The van der Waals surface area contributed by atoms with E-state index in [1.54, 1.807) is 0 Å². The molecule has 3 rings (SSSR count). The largest absolute Gasteiger partial charge is 0.481 e. The van der Waals surface area contributed by atoms with E-state index in [0.717, 1.165) is 17.0 Å². The van der Waals surface area contributed by atoms with Crippen LogP contribution in [0.1, 0.15) is 12.0 Å². The lowest BCUT2D eigenvalue weighted by Crippen LogP contribution is -2.21. The van der Waals surface area contributed by atoms with Crippen molar-refractivity contribution in [2.75, 3.05) is 0 Å². The SMILES string of the molecule is O=C(O)CC1C=CN2C(=C1)C=CC=C2c1ccccc1. The van der Waals surface area contributed by atoms with Crippen LogP contribution in [-0.2, 0) is 4.79 Å². The Kier molecular flexibility index (Phi) is 3.25. The number of fused-ring (bicyclic) bond motifs is 1. The van der Waals surface area contributed by atoms with Crippen molar-refractivity contribution >= 4 is 11.7 Å². The number of carboxylic acid groups (broad SMARTS) is 1. The number of hydrogen-bond acceptors (Lipinski definition) is 2. The monoisotopic (exact) mass is 265 g/mol. The van der Waals surface area contributed by atoms with Crippen LogP contribution in [0.25, 0.3) is 5.70 Å². The minimum atomic E-state index is -0.774. The average Bonchev–Trinajstić information content (AvgIpc) is 2.46. The Labute approximate surface area is 117 Å². The summed E-state index contributed by atoms with van der Waals surface area (Å²) in [6.45, 7) is 0. The summed E-state index contributed by atoms with van der Waals surface area (Å²) < 4.78 is 0. The second-order valence-corrected chi connectivity index (χ2v) is 4.84. The van der Waals surface area contributed by atoms with Crippen LogP contribution < -0.4 is 0 Å². The number of nitrogens with zero attached hydrogens (tertiary/aromatic N) is 1. The van der Waals surface area contributed by atoms with E-state index >= 15 is 0 Å². The van der Waals surface area contributed by atoms with Crippen LogP contribution in [0.5, 0.6) is 0 Å². The molecule has 1 unspecified atom stereocenters. The summed E-state index contributed by atoms with van der Waals surface area (Å²) in [6, 6.07) is 10.2. The molecule has 0 aliphatic carbocycles. The first-order valence-corrected chi connectivity index (χ1v) is 6.59. The van der Waals surface area contributed by atoms with Crippen molar-refractivity contribution in [3.8, 4) is 0 Å². The molecule has 0 bridgehead atoms. The van der Waals surface area contributed by atoms with E-state index in [-0.39, 0.29) is 12.3 Å². The smallest absolute Gasteiger partial charge is 0.304 e. The van der Waals surface area contributed by atoms with Crippen LogP contribution in [0.2, 0.25) is 0 Å². The maximum Gasteiger partial charge on any atom is 0.304 e. The standard InChI is InChI=1S/C17H15NO2/c19-17(20)12-13-9-10-18-15(11-13)7-4-8-16(18)14-5-2-1-3-6-14/h1-11,13H,12H2,(H,19,20). The van der Waals surface area contributed by atoms with Gasteiger partial charge in [-0.3, -0.25) is 4.79 Å². The predicted octanol–water partition coefficient (Wildman–Crippen LogP) is 3.40. The molecule has 0 spiro atoms. The second-order valence-electron chi connectivity index (χ2n) is 4.84. The Morgan fingerprint density at radius 2 is 2.05 bits per heavy atom. The molecule has 100 valence electrons. The normalized spacial score (nSPS) is 20.2. The van der Waals surface area contributed by atoms with Crippen LogP contribution >= 0.6 is 0 Å². The van der Waals surface area contributed by atoms with E-state index in [0.29, 0.717) is 0 Å². The van der Waals surface area contributed by atoms with Crippen molar-refractivity contribution in [2.24, 2.45) is 5.92 Å². The molecule has 20 heavy (non-hydrogen) atoms. The zero-order valence-electron chi connectivity index (χ0n) is 10.9. The van der Waals surface area contributed by atoms with E-state index in [2.05, 4.69) is 23.1 Å². The van der Waals surface area contributed by atoms with Gasteiger partial charge < -0.3 is 10.0 Å². The molecule has 3 heteroatoms. The first-order valence-electron chi connectivity index (χ1n) is 6.59. The van der Waals surface area contributed by atoms with Gasteiger partial charge in [0, 0.05) is 17.8 Å². The predicted molar refractivity (Wildman–Crippen MR) is 78.4 cm³/mol. The van der Waals surface area contributed by atoms with E-state index in [1.807, 2.05) is 48.7 Å². The Morgan fingerprint density at radius 3 is 2.80 bits per heavy atom. The molecule has 1 N–H and O–H groups in total. The quantitative estimate of drug-likeness (QED) is 0.910. The number of hydrogen-bond donors (Lipinski definition) is 1. The van der Waals surface area contributed by atoms with Crippen LogP contribution in [-0.4, -0.2) is 16.0 Å². The summed E-state index contributed by atoms with van der Waals surface area (Å²) in [5.74, 6) is -0.818. The molecule has 0 fully saturated rings. The van der Waals surface area contributed by atoms with Gasteiger partial charge in [-0.15, -0.1) is 0 Å². The number of benzene rings is 1. The van der Waals surface area contributed by atoms with Gasteiger partial charge in [0.2, 0.25) is 0 Å². The van der Waals surface area contributed by atoms with Crippen LogP contribution in [0.4, 0.5) is 0 Å². The third kappa shape index (κ3) is 2.43. The van der Waals surface area contributed by atoms with Gasteiger partial charge in [-0.1, -0.05) is 48.6 Å². The van der Waals surface area contributed by atoms with Gasteiger partial charge in [-0.25, -0.2) is 0 Å². The molecule has 1 atom stereocenters. The summed E-state index contributed by atoms with van der Waals surface area (Å²) in [5.41, 5.74) is 3.27. The first kappa shape index (κ1) is 12.5. The van der Waals surface area contributed by atoms with Gasteiger partial charge in [0.05, 0.1) is 12.1 Å². The summed E-state index contributed by atoms with van der Waals surface area (Å²) in [6.07, 6.45) is 12.1. The Hall–Kier alpha value is -2.55. The molecular weight excluding hydrogens is 250 g/mol. The van der Waals surface area contributed by atoms with Crippen molar-refractivity contribution < 1.29 is 9.90 Å². The third-order valence-corrected chi connectivity index (χ3v) is 3.41. The number of carboxylic acids is 1. The molecule has 0 saturated carbocycles. The zero-order valence-corrected chi connectivity index (χ0v) is 10.9. The highest BCUT2D eigenvalue weighted by molar-refractivity contribution is 5.72. The van der Waals surface area contributed by atoms with E-state index in [9.17, 15) is 4.79 Å². The molecule has 0 radical (unpaired) electrons. The first-order chi connectivity index (χ1) is 9.74.